The number of likely N-dealkylation sites (N-methyl/N-ethyl adjacent to an activating group) is 1. The SMILES string of the molecule is Cc1ccnc([C@H]2C[C@@H]2c2cc(N3CC4(COC4)C3)c3ccc(NCc4cn5cc(C6CC6)cc(N6CC(=O)N(C)C6=O)c5n4)cc3n2)n1. The number of carbonyl (C=O) groups excluding carboxylic acids is 2. The van der Waals surface area contributed by atoms with Gasteiger partial charge in [-0.2, -0.15) is 0 Å². The van der Waals surface area contributed by atoms with Crippen LogP contribution in [0.3, 0.4) is 0 Å². The van der Waals surface area contributed by atoms with Gasteiger partial charge in [0.25, 0.3) is 0 Å². The highest BCUT2D eigenvalue weighted by Gasteiger charge is 2.50. The summed E-state index contributed by atoms with van der Waals surface area (Å²) in [6, 6.07) is 12.4. The first kappa shape index (κ1) is 28.9. The number of urea groups is 1. The van der Waals surface area contributed by atoms with E-state index in [9.17, 15) is 9.59 Å². The van der Waals surface area contributed by atoms with Gasteiger partial charge in [0, 0.05) is 78.7 Å². The van der Waals surface area contributed by atoms with Crippen LogP contribution in [0.5, 0.6) is 0 Å². The van der Waals surface area contributed by atoms with Crippen LogP contribution in [0.2, 0.25) is 0 Å². The first-order valence-electron chi connectivity index (χ1n) is 17.2. The number of nitrogens with zero attached hydrogens (tertiary/aromatic N) is 8. The number of carbonyl (C=O) groups is 2. The van der Waals surface area contributed by atoms with Crippen LogP contribution in [0.1, 0.15) is 65.5 Å². The largest absolute Gasteiger partial charge is 0.380 e. The van der Waals surface area contributed by atoms with Crippen LogP contribution in [0.4, 0.5) is 21.9 Å². The van der Waals surface area contributed by atoms with Crippen molar-refractivity contribution in [1.29, 1.82) is 0 Å². The molecule has 3 aliphatic heterocycles. The number of imide groups is 1. The second-order valence-electron chi connectivity index (χ2n) is 14.7. The third-order valence-electron chi connectivity index (χ3n) is 10.9. The minimum absolute atomic E-state index is 0.0272. The number of fused-ring (bicyclic) bond motifs is 2. The number of hydrogen-bond acceptors (Lipinski definition) is 9. The second kappa shape index (κ2) is 10.4. The van der Waals surface area contributed by atoms with Gasteiger partial charge in [0.05, 0.1) is 42.1 Å². The summed E-state index contributed by atoms with van der Waals surface area (Å²) in [5.41, 5.74) is 8.92. The normalized spacial score (nSPS) is 22.7. The summed E-state index contributed by atoms with van der Waals surface area (Å²) in [6.07, 6.45) is 9.26. The molecule has 5 fully saturated rings. The molecule has 7 heterocycles. The molecule has 0 radical (unpaired) electrons. The maximum absolute atomic E-state index is 13.0. The molecule has 12 heteroatoms. The summed E-state index contributed by atoms with van der Waals surface area (Å²) in [6.45, 7) is 6.24. The van der Waals surface area contributed by atoms with Gasteiger partial charge in [-0.1, -0.05) is 0 Å². The number of aromatic nitrogens is 5. The number of aryl methyl sites for hydroxylation is 1. The number of ether oxygens (including phenoxy) is 1. The number of hydrogen-bond donors (Lipinski definition) is 1. The third-order valence-corrected chi connectivity index (χ3v) is 10.9. The van der Waals surface area contributed by atoms with Crippen molar-refractivity contribution in [3.05, 3.63) is 83.5 Å². The highest BCUT2D eigenvalue weighted by molar-refractivity contribution is 6.13. The summed E-state index contributed by atoms with van der Waals surface area (Å²) < 4.78 is 7.57. The van der Waals surface area contributed by atoms with E-state index >= 15 is 0 Å². The average molecular weight is 656 g/mol. The number of benzene rings is 1. The highest BCUT2D eigenvalue weighted by Crippen LogP contribution is 2.54. The molecule has 5 aromatic rings. The Labute approximate surface area is 283 Å². The molecule has 12 nitrogen and oxygen atoms in total. The van der Waals surface area contributed by atoms with Crippen molar-refractivity contribution in [1.82, 2.24) is 29.2 Å². The number of amides is 3. The van der Waals surface area contributed by atoms with E-state index in [1.54, 1.807) is 4.90 Å². The van der Waals surface area contributed by atoms with Gasteiger partial charge in [0.1, 0.15) is 12.4 Å². The maximum Gasteiger partial charge on any atom is 0.331 e. The highest BCUT2D eigenvalue weighted by atomic mass is 16.5. The topological polar surface area (TPSA) is 121 Å². The van der Waals surface area contributed by atoms with E-state index in [2.05, 4.69) is 45.7 Å². The van der Waals surface area contributed by atoms with E-state index in [-0.39, 0.29) is 24.4 Å². The molecular weight excluding hydrogens is 618 g/mol. The van der Waals surface area contributed by atoms with E-state index in [0.29, 0.717) is 35.1 Å². The molecule has 2 aliphatic carbocycles. The molecule has 0 bridgehead atoms. The Kier molecular flexibility index (Phi) is 6.16. The maximum atomic E-state index is 13.0. The fraction of sp³-hybridized carbons (Fsp3) is 0.405. The third kappa shape index (κ3) is 4.83. The fourth-order valence-electron chi connectivity index (χ4n) is 7.81. The van der Waals surface area contributed by atoms with Crippen LogP contribution in [0.25, 0.3) is 16.6 Å². The molecular formula is C37H37N9O3. The van der Waals surface area contributed by atoms with Gasteiger partial charge >= 0.3 is 6.03 Å². The van der Waals surface area contributed by atoms with E-state index in [0.717, 1.165) is 85.1 Å². The fourth-order valence-corrected chi connectivity index (χ4v) is 7.81. The smallest absolute Gasteiger partial charge is 0.331 e. The summed E-state index contributed by atoms with van der Waals surface area (Å²) in [5.74, 6) is 1.77. The average Bonchev–Trinajstić information content (AvgIpc) is 3.99. The summed E-state index contributed by atoms with van der Waals surface area (Å²) in [4.78, 5) is 50.0. The molecule has 2 saturated carbocycles. The summed E-state index contributed by atoms with van der Waals surface area (Å²) in [5, 5.41) is 4.73. The lowest BCUT2D eigenvalue weighted by Crippen LogP contribution is -2.66. The zero-order valence-electron chi connectivity index (χ0n) is 27.6. The Hall–Kier alpha value is -5.10. The monoisotopic (exact) mass is 655 g/mol. The van der Waals surface area contributed by atoms with Gasteiger partial charge in [-0.3, -0.25) is 19.6 Å². The number of nitrogens with one attached hydrogen (secondary N) is 1. The van der Waals surface area contributed by atoms with Crippen molar-refractivity contribution >= 4 is 45.6 Å². The molecule has 248 valence electrons. The minimum atomic E-state index is -0.316. The van der Waals surface area contributed by atoms with Gasteiger partial charge in [0.2, 0.25) is 5.91 Å². The van der Waals surface area contributed by atoms with Gasteiger partial charge in [-0.25, -0.2) is 19.7 Å². The van der Waals surface area contributed by atoms with Crippen LogP contribution >= 0.6 is 0 Å². The van der Waals surface area contributed by atoms with Crippen molar-refractivity contribution < 1.29 is 14.3 Å². The Bertz CT molecular complexity index is 2200. The number of anilines is 3. The second-order valence-corrected chi connectivity index (χ2v) is 14.7. The minimum Gasteiger partial charge on any atom is -0.380 e. The Morgan fingerprint density at radius 3 is 2.57 bits per heavy atom. The summed E-state index contributed by atoms with van der Waals surface area (Å²) in [7, 11) is 1.53. The lowest BCUT2D eigenvalue weighted by molar-refractivity contribution is -0.126. The molecule has 1 spiro atoms. The van der Waals surface area contributed by atoms with E-state index in [1.807, 2.05) is 35.9 Å². The Balaban J connectivity index is 0.950. The number of pyridine rings is 2. The van der Waals surface area contributed by atoms with E-state index in [1.165, 1.54) is 23.2 Å². The molecule has 1 aromatic carbocycles. The zero-order valence-corrected chi connectivity index (χ0v) is 27.6. The first-order valence-corrected chi connectivity index (χ1v) is 17.2. The molecule has 1 N–H and O–H groups in total. The van der Waals surface area contributed by atoms with Crippen molar-refractivity contribution in [2.24, 2.45) is 5.41 Å². The van der Waals surface area contributed by atoms with Crippen LogP contribution < -0.4 is 15.1 Å². The predicted octanol–water partition coefficient (Wildman–Crippen LogP) is 4.98. The quantitative estimate of drug-likeness (QED) is 0.231. The molecule has 2 atom stereocenters. The number of imidazole rings is 1. The van der Waals surface area contributed by atoms with Crippen molar-refractivity contribution in [2.45, 2.75) is 50.5 Å². The lowest BCUT2D eigenvalue weighted by atomic mass is 9.77. The molecule has 10 rings (SSSR count). The van der Waals surface area contributed by atoms with Crippen molar-refractivity contribution in [3.8, 4) is 0 Å². The van der Waals surface area contributed by atoms with E-state index in [4.69, 9.17) is 19.7 Å². The van der Waals surface area contributed by atoms with E-state index < -0.39 is 0 Å². The van der Waals surface area contributed by atoms with Gasteiger partial charge in [-0.15, -0.1) is 0 Å². The van der Waals surface area contributed by atoms with Gasteiger partial charge < -0.3 is 19.4 Å². The van der Waals surface area contributed by atoms with Crippen molar-refractivity contribution in [2.75, 3.05) is 55.0 Å². The molecule has 4 aromatic heterocycles. The van der Waals surface area contributed by atoms with Crippen LogP contribution in [-0.2, 0) is 16.1 Å². The van der Waals surface area contributed by atoms with Gasteiger partial charge in [-0.05, 0) is 74.1 Å². The lowest BCUT2D eigenvalue weighted by Gasteiger charge is -2.56. The Morgan fingerprint density at radius 2 is 1.84 bits per heavy atom. The number of rotatable bonds is 8. The summed E-state index contributed by atoms with van der Waals surface area (Å²) >= 11 is 0. The molecule has 5 aliphatic rings. The van der Waals surface area contributed by atoms with Gasteiger partial charge in [0.15, 0.2) is 5.65 Å². The Morgan fingerprint density at radius 1 is 0.980 bits per heavy atom. The molecule has 49 heavy (non-hydrogen) atoms. The van der Waals surface area contributed by atoms with Crippen molar-refractivity contribution in [3.63, 3.8) is 0 Å². The predicted molar refractivity (Wildman–Crippen MR) is 184 cm³/mol. The standard InChI is InChI=1S/C37H37N9O3/c1-21-7-8-38-34(40-21)28-11-27(28)30-12-31(45-17-37(18-45)19-49-20-37)26-6-5-24(10-29(26)42-30)39-13-25-15-44-14-23(22-3-4-22)9-32(35(44)41-25)46-16-33(47)43(2)36(46)48/h5-10,12,14-15,22,27-28,39H,3-4,11,13,16-20H2,1-2H3/t27-,28-/m0/s1. The molecule has 3 saturated heterocycles. The zero-order chi connectivity index (χ0) is 33.0. The van der Waals surface area contributed by atoms with Crippen LogP contribution in [0.15, 0.2) is 55.0 Å². The van der Waals surface area contributed by atoms with Crippen LogP contribution in [0, 0.1) is 12.3 Å². The van der Waals surface area contributed by atoms with Crippen LogP contribution in [-0.4, -0.2) is 81.1 Å². The molecule has 3 amide bonds. The molecule has 0 unspecified atom stereocenters. The first-order chi connectivity index (χ1) is 23.8.